The van der Waals surface area contributed by atoms with Crippen LogP contribution in [0.4, 0.5) is 0 Å². The molecule has 2 heterocycles. The molecule has 0 saturated carbocycles. The average molecular weight is 400 g/mol. The van der Waals surface area contributed by atoms with E-state index in [1.165, 1.54) is 41.9 Å². The summed E-state index contributed by atoms with van der Waals surface area (Å²) in [6, 6.07) is 8.96. The highest BCUT2D eigenvalue weighted by Gasteiger charge is 2.15. The molecule has 152 valence electrons. The number of nitrogens with zero attached hydrogens (tertiary/aromatic N) is 3. The molecule has 0 aliphatic carbocycles. The van der Waals surface area contributed by atoms with E-state index in [1.807, 2.05) is 14.0 Å². The van der Waals surface area contributed by atoms with E-state index in [9.17, 15) is 0 Å². The maximum Gasteiger partial charge on any atom is 0.191 e. The third kappa shape index (κ3) is 6.04. The second-order valence-corrected chi connectivity index (χ2v) is 9.08. The molecule has 0 spiro atoms. The van der Waals surface area contributed by atoms with Crippen LogP contribution >= 0.6 is 11.3 Å². The van der Waals surface area contributed by atoms with E-state index in [0.29, 0.717) is 0 Å². The van der Waals surface area contributed by atoms with Crippen LogP contribution in [-0.2, 0) is 19.6 Å². The zero-order valence-electron chi connectivity index (χ0n) is 17.6. The Morgan fingerprint density at radius 3 is 2.36 bits per heavy atom. The molecule has 1 fully saturated rings. The molecule has 1 aliphatic heterocycles. The molecule has 6 heteroatoms. The summed E-state index contributed by atoms with van der Waals surface area (Å²) < 4.78 is 0. The van der Waals surface area contributed by atoms with Crippen LogP contribution in [0, 0.1) is 19.8 Å². The van der Waals surface area contributed by atoms with Crippen molar-refractivity contribution in [2.45, 2.75) is 53.2 Å². The first-order chi connectivity index (χ1) is 13.5. The molecule has 0 bridgehead atoms. The Bertz CT molecular complexity index is 773. The maximum atomic E-state index is 4.48. The van der Waals surface area contributed by atoms with Gasteiger partial charge in [0.2, 0.25) is 0 Å². The minimum atomic E-state index is 0.754. The Morgan fingerprint density at radius 2 is 1.75 bits per heavy atom. The summed E-state index contributed by atoms with van der Waals surface area (Å²) in [7, 11) is 1.81. The zero-order valence-corrected chi connectivity index (χ0v) is 18.4. The number of piperidine rings is 1. The molecule has 0 atom stereocenters. The smallest absolute Gasteiger partial charge is 0.191 e. The standard InChI is InChI=1S/C22H33N5S/c1-16-9-11-27(12-10-16)15-20-7-5-19(6-8-20)13-24-22(23-4)25-14-21-17(2)26-18(3)28-21/h5-8,16H,9-15H2,1-4H3,(H2,23,24,25). The highest BCUT2D eigenvalue weighted by Crippen LogP contribution is 2.18. The fourth-order valence-corrected chi connectivity index (χ4v) is 4.43. The van der Waals surface area contributed by atoms with Crippen molar-refractivity contribution in [1.82, 2.24) is 20.5 Å². The monoisotopic (exact) mass is 399 g/mol. The second kappa shape index (κ2) is 10.0. The number of aliphatic imine (C=N–C) groups is 1. The quantitative estimate of drug-likeness (QED) is 0.572. The number of likely N-dealkylation sites (tertiary alicyclic amines) is 1. The normalized spacial score (nSPS) is 16.4. The molecule has 5 nitrogen and oxygen atoms in total. The van der Waals surface area contributed by atoms with Gasteiger partial charge in [0.15, 0.2) is 5.96 Å². The molecule has 0 unspecified atom stereocenters. The summed E-state index contributed by atoms with van der Waals surface area (Å²) in [6.07, 6.45) is 2.66. The van der Waals surface area contributed by atoms with E-state index in [2.05, 4.69) is 63.6 Å². The highest BCUT2D eigenvalue weighted by atomic mass is 32.1. The molecule has 1 saturated heterocycles. The summed E-state index contributed by atoms with van der Waals surface area (Å²) in [5.74, 6) is 1.70. The summed E-state index contributed by atoms with van der Waals surface area (Å²) in [5.41, 5.74) is 3.77. The van der Waals surface area contributed by atoms with E-state index < -0.39 is 0 Å². The summed E-state index contributed by atoms with van der Waals surface area (Å²) >= 11 is 1.74. The van der Waals surface area contributed by atoms with Gasteiger partial charge in [-0.15, -0.1) is 11.3 Å². The summed E-state index contributed by atoms with van der Waals surface area (Å²) in [4.78, 5) is 12.6. The van der Waals surface area contributed by atoms with Gasteiger partial charge < -0.3 is 10.6 Å². The van der Waals surface area contributed by atoms with Crippen LogP contribution < -0.4 is 10.6 Å². The number of aryl methyl sites for hydroxylation is 2. The Labute approximate surface area is 173 Å². The van der Waals surface area contributed by atoms with Gasteiger partial charge in [-0.25, -0.2) is 4.98 Å². The Kier molecular flexibility index (Phi) is 7.45. The molecular weight excluding hydrogens is 366 g/mol. The predicted molar refractivity (Wildman–Crippen MR) is 119 cm³/mol. The minimum Gasteiger partial charge on any atom is -0.352 e. The highest BCUT2D eigenvalue weighted by molar-refractivity contribution is 7.11. The minimum absolute atomic E-state index is 0.754. The number of hydrogen-bond acceptors (Lipinski definition) is 4. The number of aromatic nitrogens is 1. The van der Waals surface area contributed by atoms with Crippen LogP contribution in [-0.4, -0.2) is 36.0 Å². The fourth-order valence-electron chi connectivity index (χ4n) is 3.55. The molecule has 1 aliphatic rings. The predicted octanol–water partition coefficient (Wildman–Crippen LogP) is 3.86. The van der Waals surface area contributed by atoms with Crippen LogP contribution in [0.3, 0.4) is 0 Å². The van der Waals surface area contributed by atoms with Crippen LogP contribution in [0.2, 0.25) is 0 Å². The molecule has 0 radical (unpaired) electrons. The van der Waals surface area contributed by atoms with Crippen molar-refractivity contribution in [2.75, 3.05) is 20.1 Å². The molecule has 1 aromatic heterocycles. The Hall–Kier alpha value is -1.92. The van der Waals surface area contributed by atoms with Crippen molar-refractivity contribution in [3.05, 3.63) is 51.0 Å². The number of benzene rings is 1. The second-order valence-electron chi connectivity index (χ2n) is 7.80. The van der Waals surface area contributed by atoms with E-state index in [-0.39, 0.29) is 0 Å². The maximum absolute atomic E-state index is 4.48. The van der Waals surface area contributed by atoms with Crippen molar-refractivity contribution in [3.63, 3.8) is 0 Å². The number of nitrogens with one attached hydrogen (secondary N) is 2. The third-order valence-electron chi connectivity index (χ3n) is 5.40. The molecule has 28 heavy (non-hydrogen) atoms. The van der Waals surface area contributed by atoms with Gasteiger partial charge in [0, 0.05) is 25.0 Å². The van der Waals surface area contributed by atoms with Crippen molar-refractivity contribution in [1.29, 1.82) is 0 Å². The van der Waals surface area contributed by atoms with Crippen molar-refractivity contribution >= 4 is 17.3 Å². The van der Waals surface area contributed by atoms with Crippen molar-refractivity contribution < 1.29 is 0 Å². The van der Waals surface area contributed by atoms with Crippen molar-refractivity contribution in [3.8, 4) is 0 Å². The van der Waals surface area contributed by atoms with Gasteiger partial charge in [-0.05, 0) is 56.8 Å². The first-order valence-corrected chi connectivity index (χ1v) is 11.0. The number of hydrogen-bond donors (Lipinski definition) is 2. The van der Waals surface area contributed by atoms with Crippen molar-refractivity contribution in [2.24, 2.45) is 10.9 Å². The lowest BCUT2D eigenvalue weighted by atomic mass is 9.99. The van der Waals surface area contributed by atoms with Gasteiger partial charge in [-0.1, -0.05) is 31.2 Å². The van der Waals surface area contributed by atoms with E-state index in [1.54, 1.807) is 11.3 Å². The van der Waals surface area contributed by atoms with Gasteiger partial charge in [0.05, 0.1) is 17.2 Å². The Morgan fingerprint density at radius 1 is 1.11 bits per heavy atom. The van der Waals surface area contributed by atoms with E-state index in [4.69, 9.17) is 0 Å². The fraction of sp³-hybridized carbons (Fsp3) is 0.545. The van der Waals surface area contributed by atoms with Crippen LogP contribution in [0.1, 0.15) is 46.5 Å². The number of thiazole rings is 1. The van der Waals surface area contributed by atoms with Crippen LogP contribution in [0.5, 0.6) is 0 Å². The molecule has 3 rings (SSSR count). The topological polar surface area (TPSA) is 52.6 Å². The largest absolute Gasteiger partial charge is 0.352 e. The van der Waals surface area contributed by atoms with Crippen LogP contribution in [0.25, 0.3) is 0 Å². The Balaban J connectivity index is 1.44. The first-order valence-electron chi connectivity index (χ1n) is 10.2. The molecular formula is C22H33N5S. The number of guanidine groups is 1. The van der Waals surface area contributed by atoms with Gasteiger partial charge in [-0.2, -0.15) is 0 Å². The molecule has 2 N–H and O–H groups in total. The third-order valence-corrected chi connectivity index (χ3v) is 6.48. The molecule has 1 aromatic carbocycles. The van der Waals surface area contributed by atoms with Gasteiger partial charge in [-0.3, -0.25) is 9.89 Å². The van der Waals surface area contributed by atoms with Gasteiger partial charge >= 0.3 is 0 Å². The lowest BCUT2D eigenvalue weighted by molar-refractivity contribution is 0.185. The van der Waals surface area contributed by atoms with E-state index in [0.717, 1.165) is 42.2 Å². The lowest BCUT2D eigenvalue weighted by Crippen LogP contribution is -2.36. The first kappa shape index (κ1) is 20.8. The van der Waals surface area contributed by atoms with Gasteiger partial charge in [0.25, 0.3) is 0 Å². The van der Waals surface area contributed by atoms with Gasteiger partial charge in [0.1, 0.15) is 0 Å². The SMILES string of the molecule is CN=C(NCc1ccc(CN2CCC(C)CC2)cc1)NCc1sc(C)nc1C. The van der Waals surface area contributed by atoms with Crippen LogP contribution in [0.15, 0.2) is 29.3 Å². The number of rotatable bonds is 6. The lowest BCUT2D eigenvalue weighted by Gasteiger charge is -2.30. The molecule has 0 amide bonds. The summed E-state index contributed by atoms with van der Waals surface area (Å²) in [5, 5.41) is 7.89. The zero-order chi connectivity index (χ0) is 19.9. The molecule has 2 aromatic rings. The van der Waals surface area contributed by atoms with E-state index >= 15 is 0 Å². The average Bonchev–Trinajstić information content (AvgIpc) is 3.02. The summed E-state index contributed by atoms with van der Waals surface area (Å²) in [6.45, 7) is 11.5.